The number of benzene rings is 2. The highest BCUT2D eigenvalue weighted by Crippen LogP contribution is 2.41. The van der Waals surface area contributed by atoms with Crippen LogP contribution in [0.5, 0.6) is 0 Å². The third-order valence-electron chi connectivity index (χ3n) is 6.04. The second-order valence-corrected chi connectivity index (χ2v) is 9.82. The van der Waals surface area contributed by atoms with Crippen molar-refractivity contribution in [2.75, 3.05) is 31.1 Å². The first-order valence-corrected chi connectivity index (χ1v) is 11.7. The average Bonchev–Trinajstić information content (AvgIpc) is 3.23. The standard InChI is InChI=1S/C21H17F5N4O3S/c22-12-1-2-13(23)18(7-12)34(31,32)30-5-6-33-21(30)3-4-29(11-19(21)26)20-10-27-16-8-14(24)15(25)9-17(16)28-20/h1-2,7-10,19H,3-6,11H2/t19-,21-/m0/s1. The Morgan fingerprint density at radius 2 is 1.74 bits per heavy atom. The highest BCUT2D eigenvalue weighted by molar-refractivity contribution is 7.89. The van der Waals surface area contributed by atoms with Crippen molar-refractivity contribution in [3.8, 4) is 0 Å². The molecule has 0 unspecified atom stereocenters. The quantitative estimate of drug-likeness (QED) is 0.515. The lowest BCUT2D eigenvalue weighted by molar-refractivity contribution is -0.116. The smallest absolute Gasteiger partial charge is 0.248 e. The van der Waals surface area contributed by atoms with Crippen LogP contribution in [0.15, 0.2) is 41.4 Å². The maximum absolute atomic E-state index is 15.6. The predicted molar refractivity (Wildman–Crippen MR) is 110 cm³/mol. The molecule has 13 heteroatoms. The van der Waals surface area contributed by atoms with Crippen LogP contribution in [0.4, 0.5) is 27.8 Å². The van der Waals surface area contributed by atoms with Crippen molar-refractivity contribution in [3.63, 3.8) is 0 Å². The highest BCUT2D eigenvalue weighted by Gasteiger charge is 2.57. The van der Waals surface area contributed by atoms with Crippen molar-refractivity contribution in [1.29, 1.82) is 0 Å². The Bertz CT molecular complexity index is 1390. The molecule has 180 valence electrons. The number of fused-ring (bicyclic) bond motifs is 1. The first-order chi connectivity index (χ1) is 16.1. The number of anilines is 1. The van der Waals surface area contributed by atoms with Crippen LogP contribution in [0.3, 0.4) is 0 Å². The van der Waals surface area contributed by atoms with Crippen molar-refractivity contribution in [2.24, 2.45) is 0 Å². The monoisotopic (exact) mass is 500 g/mol. The van der Waals surface area contributed by atoms with Gasteiger partial charge in [-0.25, -0.2) is 35.4 Å². The molecule has 2 aliphatic rings. The average molecular weight is 500 g/mol. The molecule has 3 heterocycles. The molecule has 0 radical (unpaired) electrons. The van der Waals surface area contributed by atoms with Gasteiger partial charge in [0.15, 0.2) is 23.5 Å². The molecule has 3 aromatic rings. The molecule has 34 heavy (non-hydrogen) atoms. The van der Waals surface area contributed by atoms with Crippen molar-refractivity contribution in [3.05, 3.63) is 59.8 Å². The van der Waals surface area contributed by atoms with Crippen LogP contribution in [0.1, 0.15) is 6.42 Å². The zero-order valence-corrected chi connectivity index (χ0v) is 18.2. The maximum Gasteiger partial charge on any atom is 0.248 e. The summed E-state index contributed by atoms with van der Waals surface area (Å²) >= 11 is 0. The summed E-state index contributed by atoms with van der Waals surface area (Å²) in [5.74, 6) is -4.12. The zero-order chi connectivity index (χ0) is 24.3. The number of alkyl halides is 1. The Kier molecular flexibility index (Phi) is 5.45. The zero-order valence-electron chi connectivity index (χ0n) is 17.4. The minimum atomic E-state index is -4.62. The van der Waals surface area contributed by atoms with Crippen molar-refractivity contribution in [2.45, 2.75) is 23.2 Å². The summed E-state index contributed by atoms with van der Waals surface area (Å²) in [6.07, 6.45) is -0.768. The molecule has 2 aromatic carbocycles. The fourth-order valence-corrected chi connectivity index (χ4v) is 6.16. The van der Waals surface area contributed by atoms with Crippen LogP contribution in [0, 0.1) is 23.3 Å². The Morgan fingerprint density at radius 3 is 2.47 bits per heavy atom. The summed E-state index contributed by atoms with van der Waals surface area (Å²) in [6.45, 7) is -0.653. The van der Waals surface area contributed by atoms with Crippen LogP contribution in [-0.4, -0.2) is 60.8 Å². The Hall–Kier alpha value is -2.90. The number of sulfonamides is 1. The van der Waals surface area contributed by atoms with Gasteiger partial charge >= 0.3 is 0 Å². The molecule has 2 atom stereocenters. The summed E-state index contributed by atoms with van der Waals surface area (Å²) in [6, 6.07) is 3.79. The first-order valence-electron chi connectivity index (χ1n) is 10.2. The van der Waals surface area contributed by atoms with Gasteiger partial charge in [-0.2, -0.15) is 4.31 Å². The summed E-state index contributed by atoms with van der Waals surface area (Å²) < 4.78 is 103. The molecule has 5 rings (SSSR count). The molecule has 1 spiro atoms. The number of nitrogens with zero attached hydrogens (tertiary/aromatic N) is 4. The third kappa shape index (κ3) is 3.58. The minimum absolute atomic E-state index is 0.0648. The van der Waals surface area contributed by atoms with Gasteiger partial charge in [-0.3, -0.25) is 4.98 Å². The molecule has 1 aromatic heterocycles. The summed E-state index contributed by atoms with van der Waals surface area (Å²) in [5.41, 5.74) is -1.73. The van der Waals surface area contributed by atoms with Gasteiger partial charge in [-0.15, -0.1) is 0 Å². The van der Waals surface area contributed by atoms with Gasteiger partial charge in [0, 0.05) is 31.6 Å². The SMILES string of the molecule is O=S(=O)(c1cc(F)ccc1F)N1CCO[C@]12CCN(c1cnc3cc(F)c(F)cc3n1)C[C@@H]2F. The van der Waals surface area contributed by atoms with Gasteiger partial charge in [0.25, 0.3) is 0 Å². The van der Waals surface area contributed by atoms with E-state index in [1.165, 1.54) is 11.1 Å². The fraction of sp³-hybridized carbons (Fsp3) is 0.333. The van der Waals surface area contributed by atoms with E-state index in [9.17, 15) is 26.0 Å². The number of halogens is 5. The number of hydrogen-bond acceptors (Lipinski definition) is 6. The lowest BCUT2D eigenvalue weighted by Gasteiger charge is -2.45. The van der Waals surface area contributed by atoms with E-state index in [1.807, 2.05) is 0 Å². The van der Waals surface area contributed by atoms with E-state index >= 15 is 4.39 Å². The number of aromatic nitrogens is 2. The van der Waals surface area contributed by atoms with Crippen molar-refractivity contribution < 1.29 is 35.1 Å². The second-order valence-electron chi connectivity index (χ2n) is 7.99. The van der Waals surface area contributed by atoms with Gasteiger partial charge < -0.3 is 9.64 Å². The molecule has 0 amide bonds. The number of hydrogen-bond donors (Lipinski definition) is 0. The molecule has 2 aliphatic heterocycles. The third-order valence-corrected chi connectivity index (χ3v) is 7.98. The van der Waals surface area contributed by atoms with Crippen LogP contribution in [0.25, 0.3) is 11.0 Å². The molecule has 0 N–H and O–H groups in total. The maximum atomic E-state index is 15.6. The van der Waals surface area contributed by atoms with Gasteiger partial charge in [0.2, 0.25) is 10.0 Å². The van der Waals surface area contributed by atoms with Crippen LogP contribution < -0.4 is 4.90 Å². The largest absolute Gasteiger partial charge is 0.355 e. The van der Waals surface area contributed by atoms with Crippen LogP contribution in [0.2, 0.25) is 0 Å². The van der Waals surface area contributed by atoms with Gasteiger partial charge in [0.05, 0.1) is 30.4 Å². The van der Waals surface area contributed by atoms with Crippen molar-refractivity contribution >= 4 is 26.9 Å². The number of rotatable bonds is 3. The topological polar surface area (TPSA) is 75.6 Å². The molecule has 0 aliphatic carbocycles. The normalized spacial score (nSPS) is 23.8. The first kappa shape index (κ1) is 22.9. The lowest BCUT2D eigenvalue weighted by Crippen LogP contribution is -2.62. The molecule has 2 saturated heterocycles. The predicted octanol–water partition coefficient (Wildman–Crippen LogP) is 3.15. The molecular formula is C21H17F5N4O3S. The molecule has 7 nitrogen and oxygen atoms in total. The Labute approximate surface area is 190 Å². The van der Waals surface area contributed by atoms with Crippen LogP contribution >= 0.6 is 0 Å². The van der Waals surface area contributed by atoms with Crippen molar-refractivity contribution in [1.82, 2.24) is 14.3 Å². The van der Waals surface area contributed by atoms with E-state index < -0.39 is 50.1 Å². The van der Waals surface area contributed by atoms with E-state index in [0.717, 1.165) is 22.5 Å². The van der Waals surface area contributed by atoms with E-state index in [4.69, 9.17) is 4.74 Å². The highest BCUT2D eigenvalue weighted by atomic mass is 32.2. The Morgan fingerprint density at radius 1 is 1.00 bits per heavy atom. The summed E-state index contributed by atoms with van der Waals surface area (Å²) in [4.78, 5) is 8.82. The summed E-state index contributed by atoms with van der Waals surface area (Å²) in [7, 11) is -4.62. The second kappa shape index (κ2) is 8.10. The fourth-order valence-electron chi connectivity index (χ4n) is 4.37. The molecule has 0 saturated carbocycles. The number of piperidine rings is 1. The molecule has 0 bridgehead atoms. The Balaban J connectivity index is 1.44. The number of ether oxygens (including phenoxy) is 1. The van der Waals surface area contributed by atoms with Gasteiger partial charge in [-0.1, -0.05) is 0 Å². The van der Waals surface area contributed by atoms with Gasteiger partial charge in [-0.05, 0) is 18.2 Å². The van der Waals surface area contributed by atoms with Gasteiger partial charge in [0.1, 0.15) is 22.3 Å². The minimum Gasteiger partial charge on any atom is -0.355 e. The van der Waals surface area contributed by atoms with Crippen LogP contribution in [-0.2, 0) is 14.8 Å². The summed E-state index contributed by atoms with van der Waals surface area (Å²) in [5, 5.41) is 0. The van der Waals surface area contributed by atoms with E-state index in [2.05, 4.69) is 9.97 Å². The molecule has 2 fully saturated rings. The van der Waals surface area contributed by atoms with E-state index in [0.29, 0.717) is 12.1 Å². The van der Waals surface area contributed by atoms with E-state index in [-0.39, 0.29) is 49.5 Å². The van der Waals surface area contributed by atoms with E-state index in [1.54, 1.807) is 0 Å². The lowest BCUT2D eigenvalue weighted by atomic mass is 9.98. The molecular weight excluding hydrogens is 483 g/mol.